The van der Waals surface area contributed by atoms with E-state index in [0.717, 1.165) is 5.56 Å². The van der Waals surface area contributed by atoms with Gasteiger partial charge in [0.15, 0.2) is 5.60 Å². The van der Waals surface area contributed by atoms with Crippen LogP contribution in [0.25, 0.3) is 0 Å². The summed E-state index contributed by atoms with van der Waals surface area (Å²) in [6.07, 6.45) is -1.86. The highest BCUT2D eigenvalue weighted by Gasteiger charge is 2.40. The second kappa shape index (κ2) is 6.67. The van der Waals surface area contributed by atoms with Gasteiger partial charge in [-0.1, -0.05) is 30.3 Å². The zero-order valence-electron chi connectivity index (χ0n) is 10.6. The molecular weight excluding hydrogens is 266 g/mol. The molecule has 0 heterocycles. The molecule has 1 atom stereocenters. The number of hydrogen-bond donors (Lipinski definition) is 4. The zero-order chi connectivity index (χ0) is 15.2. The molecule has 0 aromatic heterocycles. The van der Waals surface area contributed by atoms with Crippen LogP contribution in [-0.4, -0.2) is 38.8 Å². The van der Waals surface area contributed by atoms with E-state index in [1.807, 2.05) is 0 Å². The van der Waals surface area contributed by atoms with Gasteiger partial charge in [-0.2, -0.15) is 0 Å². The van der Waals surface area contributed by atoms with E-state index in [1.54, 1.807) is 30.3 Å². The SMILES string of the molecule is O=C(O)CC(O)(CC(=O)NCc1ccccc1)C(=O)O. The van der Waals surface area contributed by atoms with Gasteiger partial charge >= 0.3 is 11.9 Å². The van der Waals surface area contributed by atoms with Crippen LogP contribution in [-0.2, 0) is 20.9 Å². The minimum absolute atomic E-state index is 0.169. The minimum Gasteiger partial charge on any atom is -0.481 e. The Balaban J connectivity index is 2.59. The number of carboxylic acids is 2. The summed E-state index contributed by atoms with van der Waals surface area (Å²) in [7, 11) is 0. The van der Waals surface area contributed by atoms with Gasteiger partial charge in [-0.15, -0.1) is 0 Å². The number of aliphatic carboxylic acids is 2. The fourth-order valence-corrected chi connectivity index (χ4v) is 1.59. The molecule has 20 heavy (non-hydrogen) atoms. The van der Waals surface area contributed by atoms with Crippen molar-refractivity contribution in [3.63, 3.8) is 0 Å². The van der Waals surface area contributed by atoms with E-state index in [0.29, 0.717) is 0 Å². The van der Waals surface area contributed by atoms with Crippen molar-refractivity contribution in [2.45, 2.75) is 25.0 Å². The van der Waals surface area contributed by atoms with Crippen LogP contribution in [0.5, 0.6) is 0 Å². The Hall–Kier alpha value is -2.41. The second-order valence-corrected chi connectivity index (χ2v) is 4.35. The van der Waals surface area contributed by atoms with E-state index >= 15 is 0 Å². The first kappa shape index (κ1) is 15.6. The van der Waals surface area contributed by atoms with Crippen molar-refractivity contribution in [2.75, 3.05) is 0 Å². The van der Waals surface area contributed by atoms with Gasteiger partial charge in [0, 0.05) is 6.54 Å². The summed E-state index contributed by atoms with van der Waals surface area (Å²) in [5, 5.41) is 29.5. The molecule has 1 amide bonds. The Kier molecular flexibility index (Phi) is 5.22. The maximum Gasteiger partial charge on any atom is 0.336 e. The van der Waals surface area contributed by atoms with Gasteiger partial charge in [0.2, 0.25) is 5.91 Å². The van der Waals surface area contributed by atoms with Crippen LogP contribution in [0.15, 0.2) is 30.3 Å². The standard InChI is InChI=1S/C13H15NO6/c15-10(14-8-9-4-2-1-3-5-9)6-13(20,12(18)19)7-11(16)17/h1-5,20H,6-8H2,(H,14,15)(H,16,17)(H,18,19). The molecule has 4 N–H and O–H groups in total. The Morgan fingerprint density at radius 3 is 2.15 bits per heavy atom. The third-order valence-corrected chi connectivity index (χ3v) is 2.63. The number of hydrogen-bond acceptors (Lipinski definition) is 4. The molecule has 0 spiro atoms. The van der Waals surface area contributed by atoms with E-state index in [1.165, 1.54) is 0 Å². The average Bonchev–Trinajstić information content (AvgIpc) is 2.36. The number of amides is 1. The van der Waals surface area contributed by atoms with Crippen LogP contribution >= 0.6 is 0 Å². The largest absolute Gasteiger partial charge is 0.481 e. The lowest BCUT2D eigenvalue weighted by Gasteiger charge is -2.20. The van der Waals surface area contributed by atoms with Crippen molar-refractivity contribution >= 4 is 17.8 Å². The van der Waals surface area contributed by atoms with Crippen molar-refractivity contribution in [1.29, 1.82) is 0 Å². The summed E-state index contributed by atoms with van der Waals surface area (Å²) < 4.78 is 0. The van der Waals surface area contributed by atoms with Crippen LogP contribution < -0.4 is 5.32 Å². The molecule has 0 aliphatic rings. The minimum atomic E-state index is -2.60. The lowest BCUT2D eigenvalue weighted by Crippen LogP contribution is -2.45. The fraction of sp³-hybridized carbons (Fsp3) is 0.308. The third-order valence-electron chi connectivity index (χ3n) is 2.63. The first-order valence-electron chi connectivity index (χ1n) is 5.82. The molecule has 0 radical (unpaired) electrons. The second-order valence-electron chi connectivity index (χ2n) is 4.35. The summed E-state index contributed by atoms with van der Waals surface area (Å²) in [5.41, 5.74) is -1.80. The van der Waals surface area contributed by atoms with Crippen molar-refractivity contribution < 1.29 is 29.7 Å². The fourth-order valence-electron chi connectivity index (χ4n) is 1.59. The lowest BCUT2D eigenvalue weighted by molar-refractivity contribution is -0.167. The molecule has 0 aliphatic carbocycles. The summed E-state index contributed by atoms with van der Waals surface area (Å²) in [5.74, 6) is -3.97. The van der Waals surface area contributed by atoms with Crippen molar-refractivity contribution in [1.82, 2.24) is 5.32 Å². The van der Waals surface area contributed by atoms with E-state index in [2.05, 4.69) is 5.32 Å². The number of aliphatic hydroxyl groups is 1. The van der Waals surface area contributed by atoms with Crippen molar-refractivity contribution in [2.24, 2.45) is 0 Å². The van der Waals surface area contributed by atoms with Gasteiger partial charge in [-0.3, -0.25) is 9.59 Å². The summed E-state index contributed by atoms with van der Waals surface area (Å²) >= 11 is 0. The number of nitrogens with one attached hydrogen (secondary N) is 1. The summed E-state index contributed by atoms with van der Waals surface area (Å²) in [6.45, 7) is 0.169. The monoisotopic (exact) mass is 281 g/mol. The van der Waals surface area contributed by atoms with Crippen LogP contribution in [0.3, 0.4) is 0 Å². The Labute approximate surface area is 114 Å². The molecular formula is C13H15NO6. The summed E-state index contributed by atoms with van der Waals surface area (Å²) in [6, 6.07) is 8.89. The molecule has 108 valence electrons. The van der Waals surface area contributed by atoms with Crippen LogP contribution in [0.2, 0.25) is 0 Å². The van der Waals surface area contributed by atoms with E-state index in [-0.39, 0.29) is 6.54 Å². The Morgan fingerprint density at radius 2 is 1.65 bits per heavy atom. The number of carbonyl (C=O) groups excluding carboxylic acids is 1. The van der Waals surface area contributed by atoms with Crippen molar-refractivity contribution in [3.05, 3.63) is 35.9 Å². The predicted octanol–water partition coefficient (Wildman–Crippen LogP) is -0.0167. The Bertz CT molecular complexity index is 501. The molecule has 0 fully saturated rings. The van der Waals surface area contributed by atoms with E-state index in [4.69, 9.17) is 10.2 Å². The highest BCUT2D eigenvalue weighted by Crippen LogP contribution is 2.16. The number of carboxylic acid groups (broad SMARTS) is 2. The first-order chi connectivity index (χ1) is 9.33. The zero-order valence-corrected chi connectivity index (χ0v) is 10.6. The van der Waals surface area contributed by atoms with Gasteiger partial charge in [-0.25, -0.2) is 4.79 Å². The highest BCUT2D eigenvalue weighted by molar-refractivity contribution is 5.90. The average molecular weight is 281 g/mol. The molecule has 0 bridgehead atoms. The topological polar surface area (TPSA) is 124 Å². The van der Waals surface area contributed by atoms with Crippen LogP contribution in [0, 0.1) is 0 Å². The number of benzene rings is 1. The molecule has 1 aromatic rings. The van der Waals surface area contributed by atoms with Gasteiger partial charge < -0.3 is 20.6 Å². The summed E-state index contributed by atoms with van der Waals surface area (Å²) in [4.78, 5) is 33.0. The van der Waals surface area contributed by atoms with Crippen molar-refractivity contribution in [3.8, 4) is 0 Å². The number of rotatable bonds is 7. The van der Waals surface area contributed by atoms with Gasteiger partial charge in [0.1, 0.15) is 0 Å². The van der Waals surface area contributed by atoms with Crippen LogP contribution in [0.1, 0.15) is 18.4 Å². The lowest BCUT2D eigenvalue weighted by atomic mass is 9.95. The normalized spacial score (nSPS) is 13.2. The van der Waals surface area contributed by atoms with Crippen LogP contribution in [0.4, 0.5) is 0 Å². The van der Waals surface area contributed by atoms with E-state index < -0.39 is 36.3 Å². The maximum atomic E-state index is 11.6. The van der Waals surface area contributed by atoms with E-state index in [9.17, 15) is 19.5 Å². The molecule has 1 unspecified atom stereocenters. The highest BCUT2D eigenvalue weighted by atomic mass is 16.4. The van der Waals surface area contributed by atoms with Gasteiger partial charge in [-0.05, 0) is 5.56 Å². The first-order valence-corrected chi connectivity index (χ1v) is 5.82. The molecule has 0 aliphatic heterocycles. The third kappa shape index (κ3) is 4.69. The molecule has 0 saturated carbocycles. The predicted molar refractivity (Wildman–Crippen MR) is 67.7 cm³/mol. The van der Waals surface area contributed by atoms with Gasteiger partial charge in [0.25, 0.3) is 0 Å². The van der Waals surface area contributed by atoms with Gasteiger partial charge in [0.05, 0.1) is 12.8 Å². The quantitative estimate of drug-likeness (QED) is 0.557. The smallest absolute Gasteiger partial charge is 0.336 e. The molecule has 7 heteroatoms. The Morgan fingerprint density at radius 1 is 1.05 bits per heavy atom. The molecule has 1 rings (SSSR count). The maximum absolute atomic E-state index is 11.6. The molecule has 0 saturated heterocycles. The molecule has 7 nitrogen and oxygen atoms in total. The number of carbonyl (C=O) groups is 3. The molecule has 1 aromatic carbocycles.